The van der Waals surface area contributed by atoms with E-state index in [-0.39, 0.29) is 0 Å². The molecule has 0 aromatic rings. The second-order valence-electron chi connectivity index (χ2n) is 1.11. The lowest BCUT2D eigenvalue weighted by atomic mass is 10.6. The molecule has 1 aliphatic heterocycles. The van der Waals surface area contributed by atoms with Gasteiger partial charge < -0.3 is 9.84 Å². The molecule has 7 heavy (non-hydrogen) atoms. The van der Waals surface area contributed by atoms with Gasteiger partial charge in [0, 0.05) is 7.11 Å². The number of rotatable bonds is 1. The number of hydrogen-bond acceptors (Lipinski definition) is 2. The monoisotopic (exact) mass is 124 g/mol. The lowest BCUT2D eigenvalue weighted by Crippen LogP contribution is -1.80. The Morgan fingerprint density at radius 3 is 2.29 bits per heavy atom. The molecule has 1 saturated heterocycles. The molecule has 0 radical (unpaired) electrons. The third kappa shape index (κ3) is 4.05. The van der Waals surface area contributed by atoms with E-state index in [9.17, 15) is 0 Å². The van der Waals surface area contributed by atoms with Crippen LogP contribution in [0.15, 0.2) is 0 Å². The van der Waals surface area contributed by atoms with Gasteiger partial charge in [0.25, 0.3) is 0 Å². The zero-order chi connectivity index (χ0) is 5.70. The summed E-state index contributed by atoms with van der Waals surface area (Å²) < 4.78 is 4.73. The Morgan fingerprint density at radius 2 is 2.29 bits per heavy atom. The Hall–Kier alpha value is 0.210. The minimum atomic E-state index is 0.400. The SMILES string of the molecule is CO.ClCC1CO1. The maximum atomic E-state index is 7.00. The van der Waals surface area contributed by atoms with Gasteiger partial charge in [0.1, 0.15) is 0 Å². The van der Waals surface area contributed by atoms with Gasteiger partial charge in [-0.3, -0.25) is 0 Å². The molecule has 1 rings (SSSR count). The fraction of sp³-hybridized carbons (Fsp3) is 1.00. The average Bonchev–Trinajstić information content (AvgIpc) is 2.52. The molecule has 3 heteroatoms. The first-order chi connectivity index (χ1) is 3.43. The van der Waals surface area contributed by atoms with Crippen molar-refractivity contribution < 1.29 is 9.84 Å². The summed E-state index contributed by atoms with van der Waals surface area (Å²) in [5, 5.41) is 7.00. The van der Waals surface area contributed by atoms with Crippen molar-refractivity contribution in [1.82, 2.24) is 0 Å². The van der Waals surface area contributed by atoms with Crippen LogP contribution in [0.2, 0.25) is 0 Å². The molecule has 0 bridgehead atoms. The van der Waals surface area contributed by atoms with Crippen molar-refractivity contribution in [2.45, 2.75) is 6.10 Å². The van der Waals surface area contributed by atoms with E-state index in [4.69, 9.17) is 21.4 Å². The largest absolute Gasteiger partial charge is 0.400 e. The number of aliphatic hydroxyl groups excluding tert-OH is 1. The van der Waals surface area contributed by atoms with Crippen molar-refractivity contribution in [2.75, 3.05) is 19.6 Å². The third-order valence-corrected chi connectivity index (χ3v) is 0.919. The summed E-state index contributed by atoms with van der Waals surface area (Å²) in [5.74, 6) is 0.667. The highest BCUT2D eigenvalue weighted by Crippen LogP contribution is 2.08. The van der Waals surface area contributed by atoms with Crippen LogP contribution in [-0.4, -0.2) is 30.8 Å². The summed E-state index contributed by atoms with van der Waals surface area (Å²) in [7, 11) is 1.00. The fourth-order valence-electron chi connectivity index (χ4n) is 0.157. The number of hydrogen-bond donors (Lipinski definition) is 1. The van der Waals surface area contributed by atoms with Crippen LogP contribution in [0.1, 0.15) is 0 Å². The molecule has 1 heterocycles. The normalized spacial score (nSPS) is 25.3. The summed E-state index contributed by atoms with van der Waals surface area (Å²) in [5.41, 5.74) is 0. The number of ether oxygens (including phenoxy) is 1. The first-order valence-electron chi connectivity index (χ1n) is 2.06. The summed E-state index contributed by atoms with van der Waals surface area (Å²) >= 11 is 5.27. The van der Waals surface area contributed by atoms with Gasteiger partial charge in [-0.25, -0.2) is 0 Å². The summed E-state index contributed by atoms with van der Waals surface area (Å²) in [6.45, 7) is 0.878. The number of aliphatic hydroxyl groups is 1. The molecule has 1 unspecified atom stereocenters. The molecule has 1 aliphatic rings. The van der Waals surface area contributed by atoms with E-state index in [1.807, 2.05) is 0 Å². The van der Waals surface area contributed by atoms with Gasteiger partial charge in [-0.1, -0.05) is 0 Å². The Morgan fingerprint density at radius 1 is 1.86 bits per heavy atom. The second-order valence-corrected chi connectivity index (χ2v) is 1.42. The van der Waals surface area contributed by atoms with Crippen molar-refractivity contribution in [3.8, 4) is 0 Å². The Kier molecular flexibility index (Phi) is 4.50. The first kappa shape index (κ1) is 7.21. The van der Waals surface area contributed by atoms with Crippen molar-refractivity contribution in [1.29, 1.82) is 0 Å². The van der Waals surface area contributed by atoms with E-state index >= 15 is 0 Å². The highest BCUT2D eigenvalue weighted by atomic mass is 35.5. The topological polar surface area (TPSA) is 32.8 Å². The molecule has 44 valence electrons. The van der Waals surface area contributed by atoms with Crippen LogP contribution in [0.5, 0.6) is 0 Å². The molecule has 0 aliphatic carbocycles. The number of halogens is 1. The average molecular weight is 125 g/mol. The minimum absolute atomic E-state index is 0.400. The fourth-order valence-corrected chi connectivity index (χ4v) is 0.335. The van der Waals surface area contributed by atoms with E-state index < -0.39 is 0 Å². The molecule has 1 N–H and O–H groups in total. The zero-order valence-corrected chi connectivity index (χ0v) is 4.98. The maximum absolute atomic E-state index is 7.00. The van der Waals surface area contributed by atoms with Gasteiger partial charge >= 0.3 is 0 Å². The summed E-state index contributed by atoms with van der Waals surface area (Å²) in [6, 6.07) is 0. The second kappa shape index (κ2) is 4.37. The maximum Gasteiger partial charge on any atom is 0.0944 e. The van der Waals surface area contributed by atoms with Gasteiger partial charge in [0.05, 0.1) is 18.6 Å². The van der Waals surface area contributed by atoms with E-state index in [0.29, 0.717) is 12.0 Å². The third-order valence-electron chi connectivity index (χ3n) is 0.574. The van der Waals surface area contributed by atoms with E-state index in [1.54, 1.807) is 0 Å². The Bertz CT molecular complexity index is 36.7. The lowest BCUT2D eigenvalue weighted by Gasteiger charge is -1.67. The molecule has 0 aromatic heterocycles. The van der Waals surface area contributed by atoms with Gasteiger partial charge in [-0.15, -0.1) is 11.6 Å². The van der Waals surface area contributed by atoms with E-state index in [2.05, 4.69) is 0 Å². The molecule has 2 nitrogen and oxygen atoms in total. The van der Waals surface area contributed by atoms with Crippen molar-refractivity contribution >= 4 is 11.6 Å². The summed E-state index contributed by atoms with van der Waals surface area (Å²) in [6.07, 6.45) is 0.400. The smallest absolute Gasteiger partial charge is 0.0944 e. The lowest BCUT2D eigenvalue weighted by molar-refractivity contribution is 0.399. The highest BCUT2D eigenvalue weighted by Gasteiger charge is 2.19. The Labute approximate surface area is 48.0 Å². The quantitative estimate of drug-likeness (QED) is 0.401. The molecule has 0 amide bonds. The predicted octanol–water partition coefficient (Wildman–Crippen LogP) is 0.232. The van der Waals surface area contributed by atoms with Gasteiger partial charge in [0.15, 0.2) is 0 Å². The van der Waals surface area contributed by atoms with Crippen LogP contribution in [0.4, 0.5) is 0 Å². The minimum Gasteiger partial charge on any atom is -0.400 e. The van der Waals surface area contributed by atoms with Crippen molar-refractivity contribution in [3.05, 3.63) is 0 Å². The molecular formula is C4H9ClO2. The molecule has 1 fully saturated rings. The number of epoxide rings is 1. The van der Waals surface area contributed by atoms with Gasteiger partial charge in [0.2, 0.25) is 0 Å². The van der Waals surface area contributed by atoms with Crippen LogP contribution in [0, 0.1) is 0 Å². The van der Waals surface area contributed by atoms with Crippen LogP contribution >= 0.6 is 11.6 Å². The molecule has 0 aromatic carbocycles. The Balaban J connectivity index is 0.000000162. The zero-order valence-electron chi connectivity index (χ0n) is 4.22. The van der Waals surface area contributed by atoms with Crippen LogP contribution in [-0.2, 0) is 4.74 Å². The highest BCUT2D eigenvalue weighted by molar-refractivity contribution is 6.18. The molecule has 0 saturated carbocycles. The first-order valence-corrected chi connectivity index (χ1v) is 2.59. The van der Waals surface area contributed by atoms with Gasteiger partial charge in [-0.05, 0) is 0 Å². The van der Waals surface area contributed by atoms with Crippen LogP contribution < -0.4 is 0 Å². The van der Waals surface area contributed by atoms with E-state index in [1.165, 1.54) is 0 Å². The molecule has 0 spiro atoms. The van der Waals surface area contributed by atoms with Crippen molar-refractivity contribution in [3.63, 3.8) is 0 Å². The molecular weight excluding hydrogens is 115 g/mol. The molecule has 1 atom stereocenters. The predicted molar refractivity (Wildman–Crippen MR) is 28.6 cm³/mol. The van der Waals surface area contributed by atoms with Crippen molar-refractivity contribution in [2.24, 2.45) is 0 Å². The van der Waals surface area contributed by atoms with Crippen LogP contribution in [0.3, 0.4) is 0 Å². The number of alkyl halides is 1. The summed E-state index contributed by atoms with van der Waals surface area (Å²) in [4.78, 5) is 0. The van der Waals surface area contributed by atoms with E-state index in [0.717, 1.165) is 13.7 Å². The van der Waals surface area contributed by atoms with Gasteiger partial charge in [-0.2, -0.15) is 0 Å². The standard InChI is InChI=1S/C3H5ClO.CH4O/c4-1-3-2-5-3;1-2/h3H,1-2H2;2H,1H3. The van der Waals surface area contributed by atoms with Crippen LogP contribution in [0.25, 0.3) is 0 Å².